The van der Waals surface area contributed by atoms with E-state index in [0.29, 0.717) is 17.5 Å². The van der Waals surface area contributed by atoms with Gasteiger partial charge in [0.05, 0.1) is 13.8 Å². The molecule has 0 aliphatic heterocycles. The van der Waals surface area contributed by atoms with Crippen LogP contribution in [0, 0.1) is 0 Å². The Morgan fingerprint density at radius 3 is 1.30 bits per heavy atom. The molecule has 180 valence electrons. The molecule has 0 aliphatic carbocycles. The molecule has 4 nitrogen and oxygen atoms in total. The maximum absolute atomic E-state index is 9.09. The summed E-state index contributed by atoms with van der Waals surface area (Å²) >= 11 is 0. The van der Waals surface area contributed by atoms with E-state index >= 15 is 0 Å². The number of hydrogen-bond acceptors (Lipinski definition) is 3. The number of aliphatic hydroxyl groups excluding tert-OH is 1. The molecular weight excluding hydrogens is 412 g/mol. The van der Waals surface area contributed by atoms with E-state index < -0.39 is 0 Å². The summed E-state index contributed by atoms with van der Waals surface area (Å²) in [5.74, 6) is 1.43. The average molecular weight is 453 g/mol. The second-order valence-electron chi connectivity index (χ2n) is 7.60. The highest BCUT2D eigenvalue weighted by atomic mass is 17.1. The number of aromatic hydroxyl groups is 1. The van der Waals surface area contributed by atoms with Gasteiger partial charge in [-0.3, -0.25) is 0 Å². The molecule has 0 aliphatic rings. The van der Waals surface area contributed by atoms with Crippen LogP contribution in [0.15, 0.2) is 97.6 Å². The van der Waals surface area contributed by atoms with Crippen LogP contribution in [0.25, 0.3) is 6.08 Å². The van der Waals surface area contributed by atoms with Gasteiger partial charge in [0.15, 0.2) is 0 Å². The minimum absolute atomic E-state index is 0.167. The number of phenols is 1. The Balaban J connectivity index is 0. The summed E-state index contributed by atoms with van der Waals surface area (Å²) < 4.78 is 3.42. The van der Waals surface area contributed by atoms with E-state index in [-0.39, 0.29) is 6.10 Å². The largest absolute Gasteiger partial charge is 0.508 e. The van der Waals surface area contributed by atoms with Crippen LogP contribution in [0.2, 0.25) is 0 Å². The standard InChI is InChI=1S/C9H12.C8H8.C6H6O.C3H6O2.C3H8O/c1-8(2)9-6-4-3-5-7-9;1-2-8-6-4-3-5-7-8;7-6-4-2-1-3-5-6;1-3(2)5-4;1-3(2)4/h3-8H,1-2H3;2-7H,1H2;1-5,7H;1-2H3;3-4H,1-2H3. The highest BCUT2D eigenvalue weighted by Crippen LogP contribution is 2.11. The third kappa shape index (κ3) is 24.8. The number of hydrogen-bond donors (Lipinski definition) is 2. The third-order valence-electron chi connectivity index (χ3n) is 3.42. The van der Waals surface area contributed by atoms with Gasteiger partial charge in [-0.05, 0) is 43.0 Å². The normalized spacial score (nSPS) is 8.76. The van der Waals surface area contributed by atoms with Crippen molar-refractivity contribution in [1.29, 1.82) is 0 Å². The zero-order valence-electron chi connectivity index (χ0n) is 20.8. The number of aliphatic hydroxyl groups is 1. The molecule has 0 fully saturated rings. The first-order chi connectivity index (χ1) is 15.6. The second-order valence-corrected chi connectivity index (χ2v) is 7.60. The van der Waals surface area contributed by atoms with Crippen molar-refractivity contribution >= 4 is 11.9 Å². The predicted octanol–water partition coefficient (Wildman–Crippen LogP) is 6.33. The summed E-state index contributed by atoms with van der Waals surface area (Å²) in [6.07, 6.45) is 1.67. The molecular formula is C29H40O4. The van der Waals surface area contributed by atoms with Gasteiger partial charge in [-0.15, -0.1) is 0 Å². The van der Waals surface area contributed by atoms with Crippen molar-refractivity contribution in [1.82, 2.24) is 0 Å². The Morgan fingerprint density at radius 1 is 0.788 bits per heavy atom. The Hall–Kier alpha value is -3.37. The minimum Gasteiger partial charge on any atom is -0.508 e. The summed E-state index contributed by atoms with van der Waals surface area (Å²) in [6, 6.07) is 29.3. The van der Waals surface area contributed by atoms with Crippen LogP contribution in [0.1, 0.15) is 58.6 Å². The molecule has 4 heteroatoms. The number of phenolic OH excluding ortho intramolecular Hbond substituents is 1. The van der Waals surface area contributed by atoms with Gasteiger partial charge in [-0.1, -0.05) is 105 Å². The van der Waals surface area contributed by atoms with Crippen molar-refractivity contribution in [3.05, 3.63) is 109 Å². The molecule has 0 atom stereocenters. The van der Waals surface area contributed by atoms with Gasteiger partial charge in [0.25, 0.3) is 0 Å². The molecule has 0 saturated carbocycles. The quantitative estimate of drug-likeness (QED) is 0.271. The van der Waals surface area contributed by atoms with Gasteiger partial charge in [0, 0.05) is 6.10 Å². The first-order valence-electron chi connectivity index (χ1n) is 10.9. The van der Waals surface area contributed by atoms with Gasteiger partial charge >= 0.3 is 5.78 Å². The van der Waals surface area contributed by atoms with Gasteiger partial charge in [0.2, 0.25) is 0 Å². The fourth-order valence-corrected chi connectivity index (χ4v) is 1.86. The Bertz CT molecular complexity index is 821. The summed E-state index contributed by atoms with van der Waals surface area (Å²) in [5.41, 5.74) is 2.59. The van der Waals surface area contributed by atoms with Crippen LogP contribution in [-0.4, -0.2) is 22.1 Å². The molecule has 0 heterocycles. The Kier molecular flexibility index (Phi) is 21.1. The molecule has 0 saturated heterocycles. The minimum atomic E-state index is -0.167. The maximum atomic E-state index is 9.09. The molecule has 0 amide bonds. The van der Waals surface area contributed by atoms with E-state index in [1.165, 1.54) is 11.1 Å². The molecule has 0 spiro atoms. The topological polar surface area (TPSA) is 74.8 Å². The van der Waals surface area contributed by atoms with E-state index in [1.807, 2.05) is 48.5 Å². The smallest absolute Gasteiger partial charge is 0.323 e. The Labute approximate surface area is 200 Å². The van der Waals surface area contributed by atoms with Crippen molar-refractivity contribution in [3.63, 3.8) is 0 Å². The molecule has 3 aromatic rings. The van der Waals surface area contributed by atoms with Gasteiger partial charge < -0.3 is 15.5 Å². The Morgan fingerprint density at radius 2 is 1.12 bits per heavy atom. The first kappa shape index (κ1) is 31.8. The summed E-state index contributed by atoms with van der Waals surface area (Å²) in [7, 11) is 0. The van der Waals surface area contributed by atoms with Crippen LogP contribution < -0.4 is 5.26 Å². The van der Waals surface area contributed by atoms with Crippen LogP contribution in [0.3, 0.4) is 0 Å². The predicted molar refractivity (Wildman–Crippen MR) is 139 cm³/mol. The fraction of sp³-hybridized carbons (Fsp3) is 0.276. The zero-order chi connectivity index (χ0) is 25.5. The van der Waals surface area contributed by atoms with Crippen LogP contribution >= 0.6 is 0 Å². The lowest BCUT2D eigenvalue weighted by Crippen LogP contribution is -2.00. The summed E-state index contributed by atoms with van der Waals surface area (Å²) in [6.45, 7) is 14.7. The number of ketones is 1. The molecule has 0 unspecified atom stereocenters. The van der Waals surface area contributed by atoms with Gasteiger partial charge in [-0.2, -0.15) is 4.58 Å². The molecule has 33 heavy (non-hydrogen) atoms. The zero-order valence-corrected chi connectivity index (χ0v) is 20.8. The number of para-hydroxylation sites is 1. The van der Waals surface area contributed by atoms with E-state index in [1.54, 1.807) is 52.0 Å². The van der Waals surface area contributed by atoms with E-state index in [0.717, 1.165) is 0 Å². The summed E-state index contributed by atoms with van der Waals surface area (Å²) in [5, 5.41) is 25.8. The van der Waals surface area contributed by atoms with Crippen molar-refractivity contribution in [2.24, 2.45) is 0 Å². The van der Waals surface area contributed by atoms with Crippen LogP contribution in [-0.2, 0) is 4.58 Å². The molecule has 0 radical (unpaired) electrons. The van der Waals surface area contributed by atoms with Crippen LogP contribution in [0.4, 0.5) is 0 Å². The maximum Gasteiger partial charge on any atom is 0.323 e. The number of carbonyl (C=O) groups excluding carboxylic acids is 1. The number of benzene rings is 3. The van der Waals surface area contributed by atoms with E-state index in [9.17, 15) is 0 Å². The molecule has 2 N–H and O–H groups in total. The van der Waals surface area contributed by atoms with Crippen LogP contribution in [0.5, 0.6) is 5.75 Å². The van der Waals surface area contributed by atoms with Crippen molar-refractivity contribution in [2.75, 3.05) is 0 Å². The third-order valence-corrected chi connectivity index (χ3v) is 3.42. The van der Waals surface area contributed by atoms with Crippen molar-refractivity contribution < 1.29 is 20.0 Å². The van der Waals surface area contributed by atoms with Crippen molar-refractivity contribution in [2.45, 2.75) is 53.6 Å². The summed E-state index contributed by atoms with van der Waals surface area (Å²) in [4.78, 5) is 0. The highest BCUT2D eigenvalue weighted by Gasteiger charge is 1.93. The average Bonchev–Trinajstić information content (AvgIpc) is 2.81. The first-order valence-corrected chi connectivity index (χ1v) is 10.9. The van der Waals surface area contributed by atoms with Gasteiger partial charge in [0.1, 0.15) is 5.75 Å². The SMILES string of the molecule is C=Cc1ccccc1.CC(C)=[O+][O-].CC(C)O.CC(C)c1ccccc1.Oc1ccccc1. The molecule has 0 bridgehead atoms. The lowest BCUT2D eigenvalue weighted by atomic mass is 10.0. The van der Waals surface area contributed by atoms with E-state index in [4.69, 9.17) is 15.5 Å². The van der Waals surface area contributed by atoms with Gasteiger partial charge in [-0.25, -0.2) is 0 Å². The monoisotopic (exact) mass is 452 g/mol. The number of rotatable bonds is 2. The van der Waals surface area contributed by atoms with Crippen molar-refractivity contribution in [3.8, 4) is 5.75 Å². The second kappa shape index (κ2) is 21.8. The lowest BCUT2D eigenvalue weighted by Gasteiger charge is -2.01. The lowest BCUT2D eigenvalue weighted by molar-refractivity contribution is -1.05. The molecule has 0 aromatic heterocycles. The van der Waals surface area contributed by atoms with E-state index in [2.05, 4.69) is 49.3 Å². The highest BCUT2D eigenvalue weighted by molar-refractivity contribution is 5.72. The fourth-order valence-electron chi connectivity index (χ4n) is 1.86. The molecule has 3 aromatic carbocycles. The molecule has 3 rings (SSSR count).